The Labute approximate surface area is 127 Å². The van der Waals surface area contributed by atoms with Crippen molar-refractivity contribution in [2.45, 2.75) is 62.8 Å². The average Bonchev–Trinajstić information content (AvgIpc) is 2.98. The number of ether oxygens (including phenoxy) is 1. The quantitative estimate of drug-likeness (QED) is 0.761. The number of rotatable bonds is 5. The van der Waals surface area contributed by atoms with Crippen LogP contribution in [0, 0.1) is 0 Å². The number of esters is 1. The molecule has 0 unspecified atom stereocenters. The molecule has 0 radical (unpaired) electrons. The SMILES string of the molecule is COC(=O)[C@@H](C)N1CCC[C@@H](S(=O)(=O)NC2CCCC2)C1. The zero-order valence-electron chi connectivity index (χ0n) is 12.9. The third kappa shape index (κ3) is 4.17. The molecule has 7 heteroatoms. The number of nitrogens with zero attached hydrogens (tertiary/aromatic N) is 1. The molecule has 0 amide bonds. The summed E-state index contributed by atoms with van der Waals surface area (Å²) in [5, 5.41) is -0.432. The summed E-state index contributed by atoms with van der Waals surface area (Å²) < 4.78 is 32.6. The highest BCUT2D eigenvalue weighted by Gasteiger charge is 2.35. The van der Waals surface area contributed by atoms with Crippen LogP contribution in [0.3, 0.4) is 0 Å². The normalized spacial score (nSPS) is 26.7. The second-order valence-corrected chi connectivity index (χ2v) is 8.09. The van der Waals surface area contributed by atoms with Crippen molar-refractivity contribution in [2.75, 3.05) is 20.2 Å². The van der Waals surface area contributed by atoms with Gasteiger partial charge >= 0.3 is 5.97 Å². The van der Waals surface area contributed by atoms with Gasteiger partial charge in [-0.2, -0.15) is 0 Å². The number of likely N-dealkylation sites (tertiary alicyclic amines) is 1. The van der Waals surface area contributed by atoms with Crippen LogP contribution in [0.2, 0.25) is 0 Å². The fourth-order valence-electron chi connectivity index (χ4n) is 3.26. The molecule has 0 aromatic carbocycles. The highest BCUT2D eigenvalue weighted by atomic mass is 32.2. The Morgan fingerprint density at radius 3 is 2.52 bits per heavy atom. The molecule has 2 atom stereocenters. The summed E-state index contributed by atoms with van der Waals surface area (Å²) in [5.41, 5.74) is 0. The molecule has 1 saturated carbocycles. The lowest BCUT2D eigenvalue weighted by Gasteiger charge is -2.35. The lowest BCUT2D eigenvalue weighted by Crippen LogP contribution is -2.52. The first-order valence-corrected chi connectivity index (χ1v) is 9.31. The molecule has 0 spiro atoms. The van der Waals surface area contributed by atoms with Crippen LogP contribution in [-0.2, 0) is 19.6 Å². The molecule has 0 aromatic heterocycles. The van der Waals surface area contributed by atoms with E-state index in [1.807, 2.05) is 4.90 Å². The predicted molar refractivity (Wildman–Crippen MR) is 80.4 cm³/mol. The number of sulfonamides is 1. The molecule has 122 valence electrons. The average molecular weight is 318 g/mol. The molecule has 6 nitrogen and oxygen atoms in total. The number of carbonyl (C=O) groups is 1. The number of piperidine rings is 1. The monoisotopic (exact) mass is 318 g/mol. The van der Waals surface area contributed by atoms with E-state index >= 15 is 0 Å². The number of nitrogens with one attached hydrogen (secondary N) is 1. The first-order chi connectivity index (χ1) is 9.94. The molecule has 0 bridgehead atoms. The summed E-state index contributed by atoms with van der Waals surface area (Å²) in [4.78, 5) is 13.5. The fraction of sp³-hybridized carbons (Fsp3) is 0.929. The van der Waals surface area contributed by atoms with Gasteiger partial charge in [0, 0.05) is 12.6 Å². The third-order valence-corrected chi connectivity index (χ3v) is 6.55. The number of methoxy groups -OCH3 is 1. The second kappa shape index (κ2) is 7.07. The highest BCUT2D eigenvalue weighted by Crippen LogP contribution is 2.23. The summed E-state index contributed by atoms with van der Waals surface area (Å²) in [6, 6.07) is -0.289. The van der Waals surface area contributed by atoms with Gasteiger partial charge in [-0.15, -0.1) is 0 Å². The molecular weight excluding hydrogens is 292 g/mol. The molecule has 1 saturated heterocycles. The minimum atomic E-state index is -3.31. The van der Waals surface area contributed by atoms with Gasteiger partial charge < -0.3 is 4.74 Å². The lowest BCUT2D eigenvalue weighted by molar-refractivity contribution is -0.146. The summed E-state index contributed by atoms with van der Waals surface area (Å²) in [7, 11) is -1.95. The van der Waals surface area contributed by atoms with Crippen molar-refractivity contribution >= 4 is 16.0 Å². The lowest BCUT2D eigenvalue weighted by atomic mass is 10.1. The highest BCUT2D eigenvalue weighted by molar-refractivity contribution is 7.90. The van der Waals surface area contributed by atoms with Gasteiger partial charge in [-0.3, -0.25) is 9.69 Å². The van der Waals surface area contributed by atoms with Gasteiger partial charge in [0.15, 0.2) is 0 Å². The van der Waals surface area contributed by atoms with Crippen molar-refractivity contribution in [3.05, 3.63) is 0 Å². The van der Waals surface area contributed by atoms with Gasteiger partial charge in [0.05, 0.1) is 12.4 Å². The Morgan fingerprint density at radius 1 is 1.24 bits per heavy atom. The topological polar surface area (TPSA) is 75.7 Å². The van der Waals surface area contributed by atoms with Gasteiger partial charge in [-0.25, -0.2) is 13.1 Å². The van der Waals surface area contributed by atoms with Crippen LogP contribution < -0.4 is 4.72 Å². The van der Waals surface area contributed by atoms with E-state index in [2.05, 4.69) is 4.72 Å². The van der Waals surface area contributed by atoms with Crippen molar-refractivity contribution in [3.8, 4) is 0 Å². The van der Waals surface area contributed by atoms with E-state index in [1.54, 1.807) is 6.92 Å². The molecule has 2 rings (SSSR count). The molecule has 2 fully saturated rings. The molecule has 0 aromatic rings. The van der Waals surface area contributed by atoms with Crippen molar-refractivity contribution in [1.29, 1.82) is 0 Å². The first-order valence-electron chi connectivity index (χ1n) is 7.77. The van der Waals surface area contributed by atoms with E-state index in [4.69, 9.17) is 4.74 Å². The van der Waals surface area contributed by atoms with Crippen molar-refractivity contribution in [3.63, 3.8) is 0 Å². The Kier molecular flexibility index (Phi) is 5.62. The van der Waals surface area contributed by atoms with E-state index in [-0.39, 0.29) is 18.1 Å². The van der Waals surface area contributed by atoms with Crippen LogP contribution in [0.4, 0.5) is 0 Å². The van der Waals surface area contributed by atoms with Crippen LogP contribution in [0.15, 0.2) is 0 Å². The van der Waals surface area contributed by atoms with Crippen molar-refractivity contribution in [2.24, 2.45) is 0 Å². The Morgan fingerprint density at radius 2 is 1.90 bits per heavy atom. The molecule has 1 heterocycles. The summed E-state index contributed by atoms with van der Waals surface area (Å²) in [6.45, 7) is 2.91. The van der Waals surface area contributed by atoms with Crippen molar-refractivity contribution in [1.82, 2.24) is 9.62 Å². The molecule has 21 heavy (non-hydrogen) atoms. The van der Waals surface area contributed by atoms with Gasteiger partial charge in [-0.1, -0.05) is 12.8 Å². The van der Waals surface area contributed by atoms with Gasteiger partial charge in [0.2, 0.25) is 10.0 Å². The van der Waals surface area contributed by atoms with E-state index in [9.17, 15) is 13.2 Å². The maximum Gasteiger partial charge on any atom is 0.322 e. The number of hydrogen-bond donors (Lipinski definition) is 1. The first kappa shape index (κ1) is 16.7. The molecular formula is C14H26N2O4S. The maximum atomic E-state index is 12.5. The van der Waals surface area contributed by atoms with Crippen LogP contribution in [-0.4, -0.2) is 56.8 Å². The fourth-order valence-corrected chi connectivity index (χ4v) is 5.02. The van der Waals surface area contributed by atoms with Crippen LogP contribution in [0.25, 0.3) is 0 Å². The number of hydrogen-bond acceptors (Lipinski definition) is 5. The van der Waals surface area contributed by atoms with Crippen LogP contribution in [0.1, 0.15) is 45.4 Å². The standard InChI is InChI=1S/C14H26N2O4S/c1-11(14(17)20-2)16-9-5-8-13(10-16)21(18,19)15-12-6-3-4-7-12/h11-13,15H,3-10H2,1-2H3/t11-,13-/m1/s1. The smallest absolute Gasteiger partial charge is 0.322 e. The van der Waals surface area contributed by atoms with Crippen LogP contribution >= 0.6 is 0 Å². The zero-order chi connectivity index (χ0) is 15.5. The molecule has 1 aliphatic heterocycles. The van der Waals surface area contributed by atoms with Gasteiger partial charge in [0.1, 0.15) is 6.04 Å². The minimum Gasteiger partial charge on any atom is -0.468 e. The number of carbonyl (C=O) groups excluding carboxylic acids is 1. The molecule has 1 aliphatic carbocycles. The minimum absolute atomic E-state index is 0.100. The summed E-state index contributed by atoms with van der Waals surface area (Å²) in [6.07, 6.45) is 5.53. The van der Waals surface area contributed by atoms with E-state index in [0.717, 1.165) is 38.6 Å². The Bertz CT molecular complexity index is 460. The Balaban J connectivity index is 1.97. The van der Waals surface area contributed by atoms with Gasteiger partial charge in [-0.05, 0) is 39.2 Å². The maximum absolute atomic E-state index is 12.5. The van der Waals surface area contributed by atoms with Gasteiger partial charge in [0.25, 0.3) is 0 Å². The van der Waals surface area contributed by atoms with E-state index in [1.165, 1.54) is 7.11 Å². The largest absolute Gasteiger partial charge is 0.468 e. The second-order valence-electron chi connectivity index (χ2n) is 6.10. The summed E-state index contributed by atoms with van der Waals surface area (Å²) in [5.74, 6) is -0.309. The van der Waals surface area contributed by atoms with E-state index < -0.39 is 15.3 Å². The van der Waals surface area contributed by atoms with Crippen molar-refractivity contribution < 1.29 is 17.9 Å². The van der Waals surface area contributed by atoms with E-state index in [0.29, 0.717) is 13.0 Å². The third-order valence-electron chi connectivity index (χ3n) is 4.62. The molecule has 1 N–H and O–H groups in total. The van der Waals surface area contributed by atoms with Crippen LogP contribution in [0.5, 0.6) is 0 Å². The summed E-state index contributed by atoms with van der Waals surface area (Å²) >= 11 is 0. The molecule has 2 aliphatic rings. The Hall–Kier alpha value is -0.660. The predicted octanol–water partition coefficient (Wildman–Crippen LogP) is 0.874. The zero-order valence-corrected chi connectivity index (χ0v) is 13.7.